The van der Waals surface area contributed by atoms with Gasteiger partial charge in [-0.2, -0.15) is 29.8 Å². The molecule has 0 unspecified atom stereocenters. The number of hydrogen-bond acceptors (Lipinski definition) is 5. The van der Waals surface area contributed by atoms with Gasteiger partial charge in [-0.1, -0.05) is 0 Å². The molecule has 0 fully saturated rings. The summed E-state index contributed by atoms with van der Waals surface area (Å²) >= 11 is 0. The molecule has 0 bridgehead atoms. The summed E-state index contributed by atoms with van der Waals surface area (Å²) in [4.78, 5) is 0. The second-order valence-corrected chi connectivity index (χ2v) is 2.67. The highest BCUT2D eigenvalue weighted by atomic mass is 19.3. The minimum atomic E-state index is -3.95. The maximum atomic E-state index is 13.2. The average molecular weight is 222 g/mol. The summed E-state index contributed by atoms with van der Waals surface area (Å²) in [5.74, 6) is -7.29. The maximum Gasteiger partial charge on any atom is 0.308 e. The largest absolute Gasteiger partial charge is 0.505 e. The van der Waals surface area contributed by atoms with Gasteiger partial charge in [0.25, 0.3) is 0 Å². The number of nitriles is 4. The smallest absolute Gasteiger partial charge is 0.308 e. The van der Waals surface area contributed by atoms with E-state index >= 15 is 0 Å². The van der Waals surface area contributed by atoms with Crippen LogP contribution in [0.4, 0.5) is 8.78 Å². The number of rotatable bonds is 3. The number of allylic oxidation sites excluding steroid dienone is 2. The highest BCUT2D eigenvalue weighted by Crippen LogP contribution is 2.31. The molecule has 16 heavy (non-hydrogen) atoms. The van der Waals surface area contributed by atoms with Crippen LogP contribution >= 0.6 is 0 Å². The van der Waals surface area contributed by atoms with Gasteiger partial charge in [-0.05, 0) is 0 Å². The van der Waals surface area contributed by atoms with E-state index in [1.165, 1.54) is 12.1 Å². The number of aliphatic hydroxyl groups is 1. The number of halogens is 2. The molecule has 0 saturated carbocycles. The average Bonchev–Trinajstić information content (AvgIpc) is 2.27. The molecule has 0 aliphatic heterocycles. The van der Waals surface area contributed by atoms with Gasteiger partial charge in [0, 0.05) is 6.42 Å². The molecule has 80 valence electrons. The Kier molecular flexibility index (Phi) is 4.42. The van der Waals surface area contributed by atoms with Crippen LogP contribution in [0.25, 0.3) is 0 Å². The van der Waals surface area contributed by atoms with E-state index in [0.29, 0.717) is 0 Å². The normalized spacial score (nSPS) is 9.44. The first kappa shape index (κ1) is 13.4. The van der Waals surface area contributed by atoms with Crippen LogP contribution in [0.15, 0.2) is 11.3 Å². The number of hydrogen-bond donors (Lipinski definition) is 1. The first-order chi connectivity index (χ1) is 7.42. The molecule has 0 aliphatic carbocycles. The number of nitrogens with zero attached hydrogens (tertiary/aromatic N) is 4. The van der Waals surface area contributed by atoms with Gasteiger partial charge in [-0.25, -0.2) is 0 Å². The lowest BCUT2D eigenvalue weighted by molar-refractivity contribution is -0.0132. The first-order valence-corrected chi connectivity index (χ1v) is 3.84. The van der Waals surface area contributed by atoms with E-state index in [1.807, 2.05) is 0 Å². The van der Waals surface area contributed by atoms with Crippen molar-refractivity contribution in [2.75, 3.05) is 0 Å². The van der Waals surface area contributed by atoms with Gasteiger partial charge in [0.15, 0.2) is 11.3 Å². The van der Waals surface area contributed by atoms with Crippen molar-refractivity contribution in [2.24, 2.45) is 5.92 Å². The number of aliphatic hydroxyl groups excluding tert-OH is 1. The van der Waals surface area contributed by atoms with Gasteiger partial charge in [0.2, 0.25) is 0 Å². The molecule has 0 saturated heterocycles. The Morgan fingerprint density at radius 2 is 1.56 bits per heavy atom. The lowest BCUT2D eigenvalue weighted by atomic mass is 10.0. The Bertz CT molecular complexity index is 440. The van der Waals surface area contributed by atoms with E-state index in [0.717, 1.165) is 12.1 Å². The quantitative estimate of drug-likeness (QED) is 0.574. The van der Waals surface area contributed by atoms with Crippen LogP contribution in [0.1, 0.15) is 6.42 Å². The lowest BCUT2D eigenvalue weighted by Gasteiger charge is -2.15. The molecule has 0 amide bonds. The van der Waals surface area contributed by atoms with E-state index in [-0.39, 0.29) is 0 Å². The molecule has 0 aliphatic rings. The zero-order valence-corrected chi connectivity index (χ0v) is 7.78. The van der Waals surface area contributed by atoms with Crippen LogP contribution in [-0.4, -0.2) is 11.0 Å². The Morgan fingerprint density at radius 1 is 1.12 bits per heavy atom. The summed E-state index contributed by atoms with van der Waals surface area (Å²) in [6, 6.07) is 4.77. The van der Waals surface area contributed by atoms with E-state index in [1.54, 1.807) is 0 Å². The van der Waals surface area contributed by atoms with E-state index < -0.39 is 29.6 Å². The minimum absolute atomic E-state index is 1.09. The predicted octanol–water partition coefficient (Wildman–Crippen LogP) is 1.53. The van der Waals surface area contributed by atoms with Crippen molar-refractivity contribution >= 4 is 0 Å². The minimum Gasteiger partial charge on any atom is -0.505 e. The molecule has 7 heteroatoms. The summed E-state index contributed by atoms with van der Waals surface area (Å²) in [6.45, 7) is 0. The van der Waals surface area contributed by atoms with Crippen molar-refractivity contribution in [3.8, 4) is 24.3 Å². The standard InChI is InChI=1S/C9H4F2N4O/c10-9(11,1-6(2-12)3-13)8(16)7(4-14)5-15/h6,16H,1H2. The highest BCUT2D eigenvalue weighted by Gasteiger charge is 2.40. The van der Waals surface area contributed by atoms with Crippen molar-refractivity contribution in [2.45, 2.75) is 12.3 Å². The summed E-state index contributed by atoms with van der Waals surface area (Å²) in [5.41, 5.74) is -1.14. The summed E-state index contributed by atoms with van der Waals surface area (Å²) in [5, 5.41) is 42.0. The van der Waals surface area contributed by atoms with E-state index in [2.05, 4.69) is 0 Å². The molecule has 5 nitrogen and oxygen atoms in total. The topological polar surface area (TPSA) is 115 Å². The van der Waals surface area contributed by atoms with Crippen molar-refractivity contribution < 1.29 is 13.9 Å². The molecule has 0 rings (SSSR count). The molecular formula is C9H4F2N4O. The fraction of sp³-hybridized carbons (Fsp3) is 0.333. The van der Waals surface area contributed by atoms with Gasteiger partial charge in [0.1, 0.15) is 18.1 Å². The summed E-state index contributed by atoms with van der Waals surface area (Å²) in [7, 11) is 0. The fourth-order valence-electron chi connectivity index (χ4n) is 0.787. The Balaban J connectivity index is 5.21. The highest BCUT2D eigenvalue weighted by molar-refractivity contribution is 5.39. The Hall–Kier alpha value is -2.64. The van der Waals surface area contributed by atoms with Gasteiger partial charge >= 0.3 is 5.92 Å². The molecule has 0 aromatic rings. The van der Waals surface area contributed by atoms with Gasteiger partial charge in [-0.3, -0.25) is 0 Å². The third kappa shape index (κ3) is 2.94. The Morgan fingerprint density at radius 3 is 1.88 bits per heavy atom. The monoisotopic (exact) mass is 222 g/mol. The second kappa shape index (κ2) is 5.29. The maximum absolute atomic E-state index is 13.2. The SMILES string of the molecule is N#CC(C#N)=C(O)C(F)(F)CC(C#N)C#N. The van der Waals surface area contributed by atoms with Crippen LogP contribution < -0.4 is 0 Å². The fourth-order valence-corrected chi connectivity index (χ4v) is 0.787. The molecule has 0 atom stereocenters. The zero-order valence-electron chi connectivity index (χ0n) is 7.78. The van der Waals surface area contributed by atoms with Crippen molar-refractivity contribution in [1.82, 2.24) is 0 Å². The second-order valence-electron chi connectivity index (χ2n) is 2.67. The van der Waals surface area contributed by atoms with Crippen LogP contribution in [0.5, 0.6) is 0 Å². The van der Waals surface area contributed by atoms with Gasteiger partial charge < -0.3 is 5.11 Å². The van der Waals surface area contributed by atoms with Crippen LogP contribution in [0, 0.1) is 51.2 Å². The van der Waals surface area contributed by atoms with Crippen LogP contribution in [-0.2, 0) is 0 Å². The van der Waals surface area contributed by atoms with Crippen molar-refractivity contribution in [3.05, 3.63) is 11.3 Å². The molecule has 0 heterocycles. The Labute approximate surface area is 89.7 Å². The summed E-state index contributed by atoms with van der Waals surface area (Å²) in [6.07, 6.45) is -1.27. The van der Waals surface area contributed by atoms with E-state index in [9.17, 15) is 8.78 Å². The predicted molar refractivity (Wildman–Crippen MR) is 45.2 cm³/mol. The van der Waals surface area contributed by atoms with Crippen molar-refractivity contribution in [3.63, 3.8) is 0 Å². The molecular weight excluding hydrogens is 218 g/mol. The van der Waals surface area contributed by atoms with Gasteiger partial charge in [-0.15, -0.1) is 0 Å². The van der Waals surface area contributed by atoms with Crippen molar-refractivity contribution in [1.29, 1.82) is 21.0 Å². The number of alkyl halides is 2. The first-order valence-electron chi connectivity index (χ1n) is 3.84. The van der Waals surface area contributed by atoms with E-state index in [4.69, 9.17) is 26.2 Å². The third-order valence-electron chi connectivity index (χ3n) is 1.58. The lowest BCUT2D eigenvalue weighted by Crippen LogP contribution is -2.24. The molecule has 0 aromatic heterocycles. The van der Waals surface area contributed by atoms with Crippen LogP contribution in [0.2, 0.25) is 0 Å². The zero-order chi connectivity index (χ0) is 12.8. The van der Waals surface area contributed by atoms with Crippen LogP contribution in [0.3, 0.4) is 0 Å². The van der Waals surface area contributed by atoms with Gasteiger partial charge in [0.05, 0.1) is 12.1 Å². The molecule has 0 aromatic carbocycles. The molecule has 1 N–H and O–H groups in total. The molecule has 0 radical (unpaired) electrons. The summed E-state index contributed by atoms with van der Waals surface area (Å²) < 4.78 is 26.3. The molecule has 0 spiro atoms. The third-order valence-corrected chi connectivity index (χ3v) is 1.58.